The number of rotatable bonds is 3. The molecule has 1 aliphatic heterocycles. The third kappa shape index (κ3) is 6.24. The molecule has 3 aromatic heterocycles. The Hall–Kier alpha value is -4.10. The summed E-state index contributed by atoms with van der Waals surface area (Å²) in [6.45, 7) is 2.77. The smallest absolute Gasteiger partial charge is 0.475 e. The Morgan fingerprint density at radius 3 is 2.47 bits per heavy atom. The first-order chi connectivity index (χ1) is 16.0. The minimum atomic E-state index is -5.08. The largest absolute Gasteiger partial charge is 0.490 e. The van der Waals surface area contributed by atoms with Gasteiger partial charge >= 0.3 is 12.1 Å². The number of carbonyl (C=O) groups excluding carboxylic acids is 1. The third-order valence-corrected chi connectivity index (χ3v) is 4.49. The maximum atomic E-state index is 13.9. The maximum absolute atomic E-state index is 13.9. The molecule has 0 aromatic carbocycles. The van der Waals surface area contributed by atoms with E-state index in [2.05, 4.69) is 20.1 Å². The number of aryl methyl sites for hydroxylation is 1. The van der Waals surface area contributed by atoms with Gasteiger partial charge in [0.15, 0.2) is 5.82 Å². The van der Waals surface area contributed by atoms with Gasteiger partial charge in [-0.05, 0) is 25.1 Å². The van der Waals surface area contributed by atoms with E-state index in [9.17, 15) is 22.4 Å². The molecule has 1 N–H and O–H groups in total. The summed E-state index contributed by atoms with van der Waals surface area (Å²) in [6.07, 6.45) is 0.519. The molecule has 0 aliphatic carbocycles. The number of fused-ring (bicyclic) bond motifs is 1. The average Bonchev–Trinajstić information content (AvgIpc) is 3.13. The van der Waals surface area contributed by atoms with Crippen molar-refractivity contribution in [3.63, 3.8) is 0 Å². The van der Waals surface area contributed by atoms with Crippen LogP contribution in [0.2, 0.25) is 0 Å². The predicted molar refractivity (Wildman–Crippen MR) is 106 cm³/mol. The van der Waals surface area contributed by atoms with Gasteiger partial charge in [-0.2, -0.15) is 18.3 Å². The van der Waals surface area contributed by atoms with Gasteiger partial charge in [-0.25, -0.2) is 19.2 Å². The molecule has 34 heavy (non-hydrogen) atoms. The monoisotopic (exact) mass is 482 g/mol. The first kappa shape index (κ1) is 24.5. The summed E-state index contributed by atoms with van der Waals surface area (Å²) >= 11 is 0. The van der Waals surface area contributed by atoms with Crippen molar-refractivity contribution in [2.24, 2.45) is 0 Å². The van der Waals surface area contributed by atoms with Crippen LogP contribution in [0.3, 0.4) is 0 Å². The Morgan fingerprint density at radius 2 is 1.85 bits per heavy atom. The first-order valence-corrected chi connectivity index (χ1v) is 9.70. The minimum Gasteiger partial charge on any atom is -0.475 e. The number of ether oxygens (including phenoxy) is 1. The molecule has 1 amide bonds. The minimum absolute atomic E-state index is 0.0966. The SMILES string of the molecule is Cc1cnc(C(=O)N2Cc3ccnn3CC(Oc3ncccc3F)C2)cn1.O=C(O)C(F)(F)F. The van der Waals surface area contributed by atoms with E-state index in [0.29, 0.717) is 13.1 Å². The molecule has 3 aromatic rings. The van der Waals surface area contributed by atoms with Gasteiger partial charge in [-0.15, -0.1) is 0 Å². The van der Waals surface area contributed by atoms with Crippen molar-refractivity contribution < 1.29 is 37.0 Å². The Kier molecular flexibility index (Phi) is 7.38. The molecule has 0 bridgehead atoms. The maximum Gasteiger partial charge on any atom is 0.490 e. The number of carbonyl (C=O) groups is 2. The van der Waals surface area contributed by atoms with E-state index in [0.717, 1.165) is 11.4 Å². The number of halogens is 4. The quantitative estimate of drug-likeness (QED) is 0.564. The number of pyridine rings is 1. The fourth-order valence-electron chi connectivity index (χ4n) is 2.93. The van der Waals surface area contributed by atoms with Gasteiger partial charge in [0.2, 0.25) is 0 Å². The van der Waals surface area contributed by atoms with Crippen molar-refractivity contribution in [1.82, 2.24) is 29.6 Å². The van der Waals surface area contributed by atoms with Crippen LogP contribution in [0.4, 0.5) is 17.6 Å². The van der Waals surface area contributed by atoms with E-state index in [1.165, 1.54) is 24.5 Å². The Bertz CT molecular complexity index is 1150. The van der Waals surface area contributed by atoms with Crippen LogP contribution >= 0.6 is 0 Å². The summed E-state index contributed by atoms with van der Waals surface area (Å²) in [5.41, 5.74) is 1.83. The topological polar surface area (TPSA) is 123 Å². The van der Waals surface area contributed by atoms with Crippen LogP contribution in [-0.2, 0) is 17.9 Å². The zero-order valence-corrected chi connectivity index (χ0v) is 17.6. The van der Waals surface area contributed by atoms with Crippen LogP contribution in [0.5, 0.6) is 5.88 Å². The highest BCUT2D eigenvalue weighted by atomic mass is 19.4. The molecule has 0 fully saturated rings. The van der Waals surface area contributed by atoms with E-state index >= 15 is 0 Å². The van der Waals surface area contributed by atoms with Gasteiger partial charge in [0.05, 0.1) is 37.2 Å². The van der Waals surface area contributed by atoms with Crippen molar-refractivity contribution in [2.45, 2.75) is 32.3 Å². The van der Waals surface area contributed by atoms with Gasteiger partial charge in [-0.1, -0.05) is 0 Å². The second-order valence-electron chi connectivity index (χ2n) is 7.07. The second kappa shape index (κ2) is 10.2. The molecule has 180 valence electrons. The molecule has 0 spiro atoms. The van der Waals surface area contributed by atoms with Crippen molar-refractivity contribution in [3.05, 3.63) is 65.9 Å². The number of hydrogen-bond acceptors (Lipinski definition) is 7. The van der Waals surface area contributed by atoms with Crippen molar-refractivity contribution in [3.8, 4) is 5.88 Å². The zero-order chi connectivity index (χ0) is 24.9. The van der Waals surface area contributed by atoms with E-state index < -0.39 is 24.1 Å². The highest BCUT2D eigenvalue weighted by Crippen LogP contribution is 2.19. The van der Waals surface area contributed by atoms with Crippen LogP contribution in [0.15, 0.2) is 43.0 Å². The Morgan fingerprint density at radius 1 is 1.12 bits per heavy atom. The summed E-state index contributed by atoms with van der Waals surface area (Å²) < 4.78 is 53.2. The predicted octanol–water partition coefficient (Wildman–Crippen LogP) is 2.25. The van der Waals surface area contributed by atoms with Gasteiger partial charge < -0.3 is 14.7 Å². The fourth-order valence-corrected chi connectivity index (χ4v) is 2.93. The van der Waals surface area contributed by atoms with E-state index in [4.69, 9.17) is 14.6 Å². The van der Waals surface area contributed by atoms with E-state index in [-0.39, 0.29) is 24.0 Å². The highest BCUT2D eigenvalue weighted by molar-refractivity contribution is 5.92. The van der Waals surface area contributed by atoms with E-state index in [1.807, 2.05) is 6.07 Å². The lowest BCUT2D eigenvalue weighted by molar-refractivity contribution is -0.192. The van der Waals surface area contributed by atoms with Crippen LogP contribution < -0.4 is 4.74 Å². The molecule has 14 heteroatoms. The molecular formula is C20H18F4N6O4. The lowest BCUT2D eigenvalue weighted by Crippen LogP contribution is -2.39. The number of amides is 1. The Balaban J connectivity index is 0.000000406. The molecule has 4 heterocycles. The fraction of sp³-hybridized carbons (Fsp3) is 0.300. The molecule has 10 nitrogen and oxygen atoms in total. The van der Waals surface area contributed by atoms with Gasteiger partial charge in [0, 0.05) is 18.6 Å². The van der Waals surface area contributed by atoms with Crippen LogP contribution in [0.1, 0.15) is 21.9 Å². The molecule has 0 saturated carbocycles. The van der Waals surface area contributed by atoms with Gasteiger partial charge in [0.1, 0.15) is 11.8 Å². The Labute approximate surface area is 189 Å². The second-order valence-corrected chi connectivity index (χ2v) is 7.07. The summed E-state index contributed by atoms with van der Waals surface area (Å²) in [7, 11) is 0. The van der Waals surface area contributed by atoms with Crippen molar-refractivity contribution in [2.75, 3.05) is 6.54 Å². The number of hydrogen-bond donors (Lipinski definition) is 1. The molecule has 1 aliphatic rings. The summed E-state index contributed by atoms with van der Waals surface area (Å²) in [5, 5.41) is 11.4. The summed E-state index contributed by atoms with van der Waals surface area (Å²) in [6, 6.07) is 4.61. The molecule has 1 unspecified atom stereocenters. The molecule has 1 atom stereocenters. The summed E-state index contributed by atoms with van der Waals surface area (Å²) in [4.78, 5) is 35.6. The van der Waals surface area contributed by atoms with Gasteiger partial charge in [-0.3, -0.25) is 14.5 Å². The van der Waals surface area contributed by atoms with Crippen molar-refractivity contribution in [1.29, 1.82) is 0 Å². The number of nitrogens with zero attached hydrogens (tertiary/aromatic N) is 6. The molecular weight excluding hydrogens is 464 g/mol. The van der Waals surface area contributed by atoms with E-state index in [1.54, 1.807) is 28.9 Å². The molecule has 0 radical (unpaired) electrons. The number of carboxylic acids is 1. The highest BCUT2D eigenvalue weighted by Gasteiger charge is 2.38. The number of alkyl halides is 3. The number of carboxylic acid groups (broad SMARTS) is 1. The zero-order valence-electron chi connectivity index (χ0n) is 17.6. The summed E-state index contributed by atoms with van der Waals surface area (Å²) in [5.74, 6) is -3.68. The van der Waals surface area contributed by atoms with Gasteiger partial charge in [0.25, 0.3) is 11.8 Å². The van der Waals surface area contributed by atoms with Crippen LogP contribution in [-0.4, -0.2) is 65.4 Å². The molecule has 4 rings (SSSR count). The lowest BCUT2D eigenvalue weighted by atomic mass is 10.3. The van der Waals surface area contributed by atoms with Crippen LogP contribution in [0, 0.1) is 12.7 Å². The average molecular weight is 482 g/mol. The normalized spacial score (nSPS) is 15.4. The standard InChI is InChI=1S/C18H17FN6O2.C2HF3O2/c1-12-7-22-16(8-21-12)18(26)24-9-13-4-6-23-25(13)11-14(10-24)27-17-15(19)3-2-5-20-17;3-2(4,5)1(6)7/h2-8,14H,9-11H2,1H3;(H,6,7). The lowest BCUT2D eigenvalue weighted by Gasteiger charge is -2.24. The van der Waals surface area contributed by atoms with Crippen LogP contribution in [0.25, 0.3) is 0 Å². The first-order valence-electron chi connectivity index (χ1n) is 9.70. The number of aliphatic carboxylic acids is 1. The third-order valence-electron chi connectivity index (χ3n) is 4.49. The number of aromatic nitrogens is 5. The molecule has 0 saturated heterocycles. The van der Waals surface area contributed by atoms with Crippen molar-refractivity contribution >= 4 is 11.9 Å².